The molecule has 3 rings (SSSR count). The monoisotopic (exact) mass is 323 g/mol. The summed E-state index contributed by atoms with van der Waals surface area (Å²) in [6, 6.07) is 8.11. The second-order valence-electron chi connectivity index (χ2n) is 6.69. The molecule has 0 aliphatic carbocycles. The number of nitrogens with zero attached hydrogens (tertiary/aromatic N) is 2. The molecule has 122 valence electrons. The molecule has 0 bridgehead atoms. The number of nitrogens with one attached hydrogen (secondary N) is 1. The lowest BCUT2D eigenvalue weighted by Gasteiger charge is -2.41. The topological polar surface area (TPSA) is 38.7 Å². The summed E-state index contributed by atoms with van der Waals surface area (Å²) >= 11 is 6.05. The van der Waals surface area contributed by atoms with Crippen LogP contribution in [0.5, 0.6) is 0 Å². The molecule has 0 amide bonds. The van der Waals surface area contributed by atoms with E-state index in [1.54, 1.807) is 0 Å². The van der Waals surface area contributed by atoms with Crippen LogP contribution in [0.15, 0.2) is 24.3 Å². The van der Waals surface area contributed by atoms with Crippen molar-refractivity contribution in [3.05, 3.63) is 34.9 Å². The molecule has 0 aromatic heterocycles. The van der Waals surface area contributed by atoms with Gasteiger partial charge in [0.2, 0.25) is 0 Å². The standard InChI is InChI=1S/C17H26ClN3O/c18-16-4-1-3-15(11-16)12-20-7-9-21(10-8-20)14-17(22)5-2-6-19-13-17/h1,3-4,11,19,22H,2,5-10,12-14H2/t17-/m0/s1. The van der Waals surface area contributed by atoms with Crippen molar-refractivity contribution in [1.82, 2.24) is 15.1 Å². The Hall–Kier alpha value is -0.650. The molecule has 0 radical (unpaired) electrons. The molecular formula is C17H26ClN3O. The van der Waals surface area contributed by atoms with Gasteiger partial charge in [-0.2, -0.15) is 0 Å². The predicted octanol–water partition coefficient (Wildman–Crippen LogP) is 1.57. The molecule has 1 aromatic rings. The smallest absolute Gasteiger partial charge is 0.0898 e. The lowest BCUT2D eigenvalue weighted by Crippen LogP contribution is -2.56. The molecule has 2 aliphatic heterocycles. The fraction of sp³-hybridized carbons (Fsp3) is 0.647. The van der Waals surface area contributed by atoms with Gasteiger partial charge < -0.3 is 10.4 Å². The molecule has 2 fully saturated rings. The maximum atomic E-state index is 10.6. The summed E-state index contributed by atoms with van der Waals surface area (Å²) in [4.78, 5) is 4.87. The Morgan fingerprint density at radius 3 is 2.64 bits per heavy atom. The predicted molar refractivity (Wildman–Crippen MR) is 90.2 cm³/mol. The SMILES string of the molecule is O[C@@]1(CN2CCN(Cc3cccc(Cl)c3)CC2)CCCNC1. The summed E-state index contributed by atoms with van der Waals surface area (Å²) < 4.78 is 0. The number of hydrogen-bond donors (Lipinski definition) is 2. The molecule has 1 atom stereocenters. The van der Waals surface area contributed by atoms with Crippen molar-refractivity contribution in [2.45, 2.75) is 25.0 Å². The van der Waals surface area contributed by atoms with E-state index in [4.69, 9.17) is 11.6 Å². The van der Waals surface area contributed by atoms with Gasteiger partial charge in [0.05, 0.1) is 5.60 Å². The summed E-state index contributed by atoms with van der Waals surface area (Å²) in [6.07, 6.45) is 1.99. The van der Waals surface area contributed by atoms with Crippen molar-refractivity contribution in [2.24, 2.45) is 0 Å². The number of piperidine rings is 1. The molecule has 4 nitrogen and oxygen atoms in total. The van der Waals surface area contributed by atoms with E-state index in [0.717, 1.165) is 70.2 Å². The number of rotatable bonds is 4. The minimum Gasteiger partial charge on any atom is -0.387 e. The van der Waals surface area contributed by atoms with Crippen molar-refractivity contribution in [3.8, 4) is 0 Å². The van der Waals surface area contributed by atoms with Gasteiger partial charge in [-0.15, -0.1) is 0 Å². The van der Waals surface area contributed by atoms with Crippen molar-refractivity contribution in [2.75, 3.05) is 45.8 Å². The molecule has 5 heteroatoms. The van der Waals surface area contributed by atoms with Gasteiger partial charge in [0.25, 0.3) is 0 Å². The Balaban J connectivity index is 1.46. The molecule has 2 N–H and O–H groups in total. The Bertz CT molecular complexity index is 483. The molecule has 1 aromatic carbocycles. The highest BCUT2D eigenvalue weighted by Crippen LogP contribution is 2.19. The Morgan fingerprint density at radius 1 is 1.18 bits per heavy atom. The highest BCUT2D eigenvalue weighted by Gasteiger charge is 2.32. The van der Waals surface area contributed by atoms with Crippen LogP contribution in [-0.4, -0.2) is 66.3 Å². The normalized spacial score (nSPS) is 27.9. The van der Waals surface area contributed by atoms with Crippen LogP contribution in [-0.2, 0) is 6.54 Å². The minimum absolute atomic E-state index is 0.534. The molecular weight excluding hydrogens is 298 g/mol. The molecule has 2 saturated heterocycles. The molecule has 0 spiro atoms. The first-order chi connectivity index (χ1) is 10.6. The summed E-state index contributed by atoms with van der Waals surface area (Å²) in [6.45, 7) is 7.69. The zero-order valence-corrected chi connectivity index (χ0v) is 13.9. The van der Waals surface area contributed by atoms with E-state index < -0.39 is 5.60 Å². The maximum Gasteiger partial charge on any atom is 0.0898 e. The first-order valence-electron chi connectivity index (χ1n) is 8.25. The summed E-state index contributed by atoms with van der Waals surface area (Å²) in [5.74, 6) is 0. The third-order valence-electron chi connectivity index (χ3n) is 4.73. The van der Waals surface area contributed by atoms with Gasteiger partial charge in [-0.3, -0.25) is 9.80 Å². The number of β-amino-alcohol motifs (C(OH)–C–C–N with tert-alkyl or cyclic N) is 1. The summed E-state index contributed by atoms with van der Waals surface area (Å²) in [5.41, 5.74) is 0.740. The number of aliphatic hydroxyl groups is 1. The number of hydrogen-bond acceptors (Lipinski definition) is 4. The van der Waals surface area contributed by atoms with Gasteiger partial charge in [0.15, 0.2) is 0 Å². The van der Waals surface area contributed by atoms with Crippen LogP contribution in [0, 0.1) is 0 Å². The van der Waals surface area contributed by atoms with Crippen molar-refractivity contribution in [3.63, 3.8) is 0 Å². The van der Waals surface area contributed by atoms with Crippen LogP contribution in [0.2, 0.25) is 5.02 Å². The molecule has 0 unspecified atom stereocenters. The fourth-order valence-corrected chi connectivity index (χ4v) is 3.72. The van der Waals surface area contributed by atoms with E-state index in [0.29, 0.717) is 0 Å². The van der Waals surface area contributed by atoms with Gasteiger partial charge in [0, 0.05) is 50.8 Å². The lowest BCUT2D eigenvalue weighted by molar-refractivity contribution is -0.0262. The van der Waals surface area contributed by atoms with Crippen molar-refractivity contribution < 1.29 is 5.11 Å². The fourth-order valence-electron chi connectivity index (χ4n) is 3.50. The van der Waals surface area contributed by atoms with Crippen LogP contribution >= 0.6 is 11.6 Å². The van der Waals surface area contributed by atoms with Crippen molar-refractivity contribution >= 4 is 11.6 Å². The van der Waals surface area contributed by atoms with Gasteiger partial charge in [-0.05, 0) is 37.1 Å². The van der Waals surface area contributed by atoms with Gasteiger partial charge in [-0.25, -0.2) is 0 Å². The van der Waals surface area contributed by atoms with Crippen LogP contribution in [0.3, 0.4) is 0 Å². The molecule has 22 heavy (non-hydrogen) atoms. The maximum absolute atomic E-state index is 10.6. The molecule has 0 saturated carbocycles. The third-order valence-corrected chi connectivity index (χ3v) is 4.96. The zero-order valence-electron chi connectivity index (χ0n) is 13.1. The number of halogens is 1. The average Bonchev–Trinajstić information content (AvgIpc) is 2.50. The quantitative estimate of drug-likeness (QED) is 0.882. The van der Waals surface area contributed by atoms with E-state index in [-0.39, 0.29) is 0 Å². The largest absolute Gasteiger partial charge is 0.387 e. The average molecular weight is 324 g/mol. The Kier molecular flexibility index (Phi) is 5.37. The van der Waals surface area contributed by atoms with Gasteiger partial charge >= 0.3 is 0 Å². The third kappa shape index (κ3) is 4.43. The first-order valence-corrected chi connectivity index (χ1v) is 8.63. The number of piperazine rings is 1. The Morgan fingerprint density at radius 2 is 1.95 bits per heavy atom. The van der Waals surface area contributed by atoms with E-state index >= 15 is 0 Å². The van der Waals surface area contributed by atoms with E-state index in [2.05, 4.69) is 21.2 Å². The van der Waals surface area contributed by atoms with Gasteiger partial charge in [-0.1, -0.05) is 23.7 Å². The molecule has 2 aliphatic rings. The number of benzene rings is 1. The second-order valence-corrected chi connectivity index (χ2v) is 7.12. The van der Waals surface area contributed by atoms with E-state index in [9.17, 15) is 5.11 Å². The zero-order chi connectivity index (χ0) is 15.4. The highest BCUT2D eigenvalue weighted by atomic mass is 35.5. The van der Waals surface area contributed by atoms with Crippen LogP contribution < -0.4 is 5.32 Å². The summed E-state index contributed by atoms with van der Waals surface area (Å²) in [5, 5.41) is 14.7. The Labute approximate surface area is 138 Å². The van der Waals surface area contributed by atoms with Crippen molar-refractivity contribution in [1.29, 1.82) is 0 Å². The first kappa shape index (κ1) is 16.2. The highest BCUT2D eigenvalue weighted by molar-refractivity contribution is 6.30. The lowest BCUT2D eigenvalue weighted by atomic mass is 9.93. The summed E-state index contributed by atoms with van der Waals surface area (Å²) in [7, 11) is 0. The molecule has 2 heterocycles. The van der Waals surface area contributed by atoms with Gasteiger partial charge in [0.1, 0.15) is 0 Å². The van der Waals surface area contributed by atoms with E-state index in [1.807, 2.05) is 18.2 Å². The second kappa shape index (κ2) is 7.28. The van der Waals surface area contributed by atoms with E-state index in [1.165, 1.54) is 5.56 Å². The van der Waals surface area contributed by atoms with Crippen LogP contribution in [0.4, 0.5) is 0 Å². The van der Waals surface area contributed by atoms with Crippen LogP contribution in [0.1, 0.15) is 18.4 Å². The minimum atomic E-state index is -0.534. The van der Waals surface area contributed by atoms with Crippen LogP contribution in [0.25, 0.3) is 0 Å².